The van der Waals surface area contributed by atoms with Crippen LogP contribution in [-0.2, 0) is 11.3 Å². The summed E-state index contributed by atoms with van der Waals surface area (Å²) in [7, 11) is 1.56. The van der Waals surface area contributed by atoms with Gasteiger partial charge in [0.15, 0.2) is 0 Å². The first-order valence-electron chi connectivity index (χ1n) is 7.74. The Labute approximate surface area is 147 Å². The first-order valence-corrected chi connectivity index (χ1v) is 7.74. The zero-order chi connectivity index (χ0) is 17.9. The predicted octanol–water partition coefficient (Wildman–Crippen LogP) is 3.23. The quantitative estimate of drug-likeness (QED) is 0.673. The van der Waals surface area contributed by atoms with Crippen molar-refractivity contribution in [1.82, 2.24) is 5.32 Å². The molecule has 0 saturated carbocycles. The lowest BCUT2D eigenvalue weighted by atomic mass is 10.1. The van der Waals surface area contributed by atoms with Gasteiger partial charge in [-0.05, 0) is 23.8 Å². The lowest BCUT2D eigenvalue weighted by Gasteiger charge is -2.05. The van der Waals surface area contributed by atoms with Crippen LogP contribution in [0, 0.1) is 23.2 Å². The average Bonchev–Trinajstić information content (AvgIpc) is 2.66. The molecule has 1 amide bonds. The maximum atomic E-state index is 11.6. The lowest BCUT2D eigenvalue weighted by molar-refractivity contribution is 0.140. The smallest absolute Gasteiger partial charge is 0.407 e. The highest BCUT2D eigenvalue weighted by Crippen LogP contribution is 2.16. The van der Waals surface area contributed by atoms with Gasteiger partial charge in [-0.1, -0.05) is 42.2 Å². The van der Waals surface area contributed by atoms with Crippen molar-refractivity contribution in [3.8, 4) is 23.7 Å². The van der Waals surface area contributed by atoms with Crippen LogP contribution in [0.3, 0.4) is 0 Å². The number of methoxy groups -OCH3 is 1. The van der Waals surface area contributed by atoms with Gasteiger partial charge in [-0.2, -0.15) is 5.26 Å². The van der Waals surface area contributed by atoms with E-state index in [1.54, 1.807) is 25.3 Å². The fourth-order valence-corrected chi connectivity index (χ4v) is 2.01. The van der Waals surface area contributed by atoms with Gasteiger partial charge in [0.05, 0.1) is 12.7 Å². The highest BCUT2D eigenvalue weighted by atomic mass is 16.5. The Balaban J connectivity index is 1.77. The van der Waals surface area contributed by atoms with Crippen LogP contribution in [0.1, 0.15) is 23.1 Å². The Morgan fingerprint density at radius 1 is 1.16 bits per heavy atom. The molecule has 5 nitrogen and oxygen atoms in total. The van der Waals surface area contributed by atoms with E-state index in [0.717, 1.165) is 5.56 Å². The van der Waals surface area contributed by atoms with Crippen molar-refractivity contribution in [2.24, 2.45) is 0 Å². The van der Waals surface area contributed by atoms with Crippen molar-refractivity contribution >= 4 is 6.09 Å². The molecule has 2 aromatic rings. The second kappa shape index (κ2) is 9.64. The van der Waals surface area contributed by atoms with E-state index < -0.39 is 6.09 Å². The van der Waals surface area contributed by atoms with Crippen LogP contribution in [0.15, 0.2) is 48.5 Å². The molecule has 0 aliphatic rings. The number of rotatable bonds is 5. The van der Waals surface area contributed by atoms with Gasteiger partial charge in [0.1, 0.15) is 18.4 Å². The van der Waals surface area contributed by atoms with E-state index in [1.165, 1.54) is 0 Å². The van der Waals surface area contributed by atoms with Gasteiger partial charge in [-0.15, -0.1) is 0 Å². The van der Waals surface area contributed by atoms with Crippen LogP contribution >= 0.6 is 0 Å². The van der Waals surface area contributed by atoms with E-state index in [0.29, 0.717) is 29.8 Å². The summed E-state index contributed by atoms with van der Waals surface area (Å²) in [6, 6.07) is 16.7. The molecule has 25 heavy (non-hydrogen) atoms. The van der Waals surface area contributed by atoms with Gasteiger partial charge >= 0.3 is 6.09 Å². The highest BCUT2D eigenvalue weighted by molar-refractivity contribution is 5.67. The summed E-state index contributed by atoms with van der Waals surface area (Å²) in [4.78, 5) is 11.6. The van der Waals surface area contributed by atoms with E-state index in [2.05, 4.69) is 23.2 Å². The number of ether oxygens (including phenoxy) is 2. The number of nitrogens with zero attached hydrogens (tertiary/aromatic N) is 1. The molecule has 0 aliphatic carbocycles. The molecule has 0 bridgehead atoms. The van der Waals surface area contributed by atoms with Crippen molar-refractivity contribution in [2.75, 3.05) is 13.7 Å². The molecule has 0 aliphatic heterocycles. The molecular formula is C20H18N2O3. The minimum Gasteiger partial charge on any atom is -0.497 e. The van der Waals surface area contributed by atoms with Gasteiger partial charge in [-0.25, -0.2) is 4.79 Å². The molecule has 0 atom stereocenters. The van der Waals surface area contributed by atoms with Gasteiger partial charge in [0.25, 0.3) is 0 Å². The molecule has 2 aromatic carbocycles. The molecular weight excluding hydrogens is 316 g/mol. The van der Waals surface area contributed by atoms with Crippen molar-refractivity contribution in [3.05, 3.63) is 65.2 Å². The summed E-state index contributed by atoms with van der Waals surface area (Å²) < 4.78 is 10.2. The Bertz CT molecular complexity index is 814. The van der Waals surface area contributed by atoms with Crippen LogP contribution in [0.25, 0.3) is 0 Å². The molecule has 1 N–H and O–H groups in total. The minimum absolute atomic E-state index is 0.230. The largest absolute Gasteiger partial charge is 0.497 e. The number of hydrogen-bond donors (Lipinski definition) is 1. The third-order valence-corrected chi connectivity index (χ3v) is 3.30. The number of carbonyl (C=O) groups is 1. The fraction of sp³-hybridized carbons (Fsp3) is 0.200. The van der Waals surface area contributed by atoms with Crippen LogP contribution < -0.4 is 10.1 Å². The number of amides is 1. The van der Waals surface area contributed by atoms with E-state index in [-0.39, 0.29) is 6.61 Å². The molecule has 0 fully saturated rings. The Morgan fingerprint density at radius 3 is 2.68 bits per heavy atom. The second-order valence-electron chi connectivity index (χ2n) is 5.06. The molecule has 0 saturated heterocycles. The Hall–Kier alpha value is -3.44. The summed E-state index contributed by atoms with van der Waals surface area (Å²) in [5, 5.41) is 11.7. The summed E-state index contributed by atoms with van der Waals surface area (Å²) >= 11 is 0. The maximum Gasteiger partial charge on any atom is 0.407 e. The van der Waals surface area contributed by atoms with E-state index in [9.17, 15) is 4.79 Å². The van der Waals surface area contributed by atoms with Crippen molar-refractivity contribution in [1.29, 1.82) is 5.26 Å². The third kappa shape index (κ3) is 5.93. The van der Waals surface area contributed by atoms with Gasteiger partial charge < -0.3 is 14.8 Å². The monoisotopic (exact) mass is 334 g/mol. The van der Waals surface area contributed by atoms with E-state index in [1.807, 2.05) is 30.3 Å². The molecule has 0 radical (unpaired) electrons. The van der Waals surface area contributed by atoms with Crippen LogP contribution in [-0.4, -0.2) is 19.7 Å². The zero-order valence-corrected chi connectivity index (χ0v) is 13.9. The van der Waals surface area contributed by atoms with E-state index in [4.69, 9.17) is 14.7 Å². The number of nitrogens with one attached hydrogen (secondary N) is 1. The van der Waals surface area contributed by atoms with Gasteiger partial charge in [-0.3, -0.25) is 0 Å². The normalized spacial score (nSPS) is 9.28. The van der Waals surface area contributed by atoms with E-state index >= 15 is 0 Å². The molecule has 0 heterocycles. The standard InChI is InChI=1S/C20H18N2O3/c1-24-19-11-10-18(14-21)17(13-19)9-5-6-12-22-20(23)25-15-16-7-3-2-4-8-16/h2-4,7-8,10-11,13H,6,12,15H2,1H3,(H,22,23). The Morgan fingerprint density at radius 2 is 1.96 bits per heavy atom. The molecule has 0 unspecified atom stereocenters. The van der Waals surface area contributed by atoms with Crippen molar-refractivity contribution in [3.63, 3.8) is 0 Å². The first kappa shape index (κ1) is 17.9. The molecule has 5 heteroatoms. The summed E-state index contributed by atoms with van der Waals surface area (Å²) in [6.45, 7) is 0.597. The summed E-state index contributed by atoms with van der Waals surface area (Å²) in [5.41, 5.74) is 2.02. The fourth-order valence-electron chi connectivity index (χ4n) is 2.01. The van der Waals surface area contributed by atoms with Gasteiger partial charge in [0, 0.05) is 18.5 Å². The second-order valence-corrected chi connectivity index (χ2v) is 5.06. The van der Waals surface area contributed by atoms with Crippen LogP contribution in [0.5, 0.6) is 5.75 Å². The maximum absolute atomic E-state index is 11.6. The Kier molecular flexibility index (Phi) is 6.91. The highest BCUT2D eigenvalue weighted by Gasteiger charge is 2.02. The molecule has 0 aromatic heterocycles. The third-order valence-electron chi connectivity index (χ3n) is 3.30. The SMILES string of the molecule is COc1ccc(C#N)c(C#CCCNC(=O)OCc2ccccc2)c1. The van der Waals surface area contributed by atoms with Crippen LogP contribution in [0.2, 0.25) is 0 Å². The number of nitriles is 1. The molecule has 2 rings (SSSR count). The number of carbonyl (C=O) groups excluding carboxylic acids is 1. The van der Waals surface area contributed by atoms with Crippen molar-refractivity contribution in [2.45, 2.75) is 13.0 Å². The molecule has 126 valence electrons. The first-order chi connectivity index (χ1) is 12.2. The van der Waals surface area contributed by atoms with Crippen molar-refractivity contribution < 1.29 is 14.3 Å². The molecule has 0 spiro atoms. The number of hydrogen-bond acceptors (Lipinski definition) is 4. The predicted molar refractivity (Wildman–Crippen MR) is 93.8 cm³/mol. The summed E-state index contributed by atoms with van der Waals surface area (Å²) in [6.07, 6.45) is -0.0348. The van der Waals surface area contributed by atoms with Crippen LogP contribution in [0.4, 0.5) is 4.79 Å². The number of benzene rings is 2. The topological polar surface area (TPSA) is 71.3 Å². The van der Waals surface area contributed by atoms with Gasteiger partial charge in [0.2, 0.25) is 0 Å². The zero-order valence-electron chi connectivity index (χ0n) is 13.9. The average molecular weight is 334 g/mol. The lowest BCUT2D eigenvalue weighted by Crippen LogP contribution is -2.24. The summed E-state index contributed by atoms with van der Waals surface area (Å²) in [5.74, 6) is 6.50. The number of alkyl carbamates (subject to hydrolysis) is 1. The minimum atomic E-state index is -0.482.